The molecule has 6 nitrogen and oxygen atoms in total. The van der Waals surface area contributed by atoms with Crippen molar-refractivity contribution in [3.63, 3.8) is 0 Å². The van der Waals surface area contributed by atoms with Crippen LogP contribution in [-0.4, -0.2) is 20.7 Å². The first-order valence-electron chi connectivity index (χ1n) is 10.1. The summed E-state index contributed by atoms with van der Waals surface area (Å²) in [6.45, 7) is 4.14. The first-order valence-corrected chi connectivity index (χ1v) is 10.9. The van der Waals surface area contributed by atoms with Crippen molar-refractivity contribution in [3.8, 4) is 16.9 Å². The number of aromatic nitrogens is 3. The Balaban J connectivity index is 1.56. The minimum atomic E-state index is -0.414. The summed E-state index contributed by atoms with van der Waals surface area (Å²) in [5.74, 6) is -0.414. The van der Waals surface area contributed by atoms with Crippen molar-refractivity contribution in [2.24, 2.45) is 0 Å². The Morgan fingerprint density at radius 3 is 2.48 bits per heavy atom. The fourth-order valence-corrected chi connectivity index (χ4v) is 4.11. The molecule has 2 aromatic heterocycles. The van der Waals surface area contributed by atoms with E-state index in [0.717, 1.165) is 29.0 Å². The van der Waals surface area contributed by atoms with Gasteiger partial charge in [0, 0.05) is 16.5 Å². The maximum absolute atomic E-state index is 12.8. The SMILES string of the molecule is CCCc1ccc(-c2nc(NC(=O)c3ccc(=O)n(-c4ccccc4)n3)sc2C)cc1. The van der Waals surface area contributed by atoms with Gasteiger partial charge < -0.3 is 0 Å². The normalized spacial score (nSPS) is 10.8. The van der Waals surface area contributed by atoms with Crippen molar-refractivity contribution in [2.45, 2.75) is 26.7 Å². The Kier molecular flexibility index (Phi) is 6.04. The van der Waals surface area contributed by atoms with Gasteiger partial charge in [0.25, 0.3) is 11.5 Å². The molecule has 0 atom stereocenters. The maximum Gasteiger partial charge on any atom is 0.277 e. The van der Waals surface area contributed by atoms with E-state index in [9.17, 15) is 9.59 Å². The molecule has 0 bridgehead atoms. The van der Waals surface area contributed by atoms with Crippen molar-refractivity contribution >= 4 is 22.4 Å². The maximum atomic E-state index is 12.8. The van der Waals surface area contributed by atoms with Crippen molar-refractivity contribution in [3.05, 3.63) is 93.2 Å². The molecule has 31 heavy (non-hydrogen) atoms. The highest BCUT2D eigenvalue weighted by atomic mass is 32.1. The highest BCUT2D eigenvalue weighted by Crippen LogP contribution is 2.30. The van der Waals surface area contributed by atoms with Crippen molar-refractivity contribution in [1.29, 1.82) is 0 Å². The third-order valence-electron chi connectivity index (χ3n) is 4.82. The molecule has 4 aromatic rings. The standard InChI is InChI=1S/C24H22N4O2S/c1-3-7-17-10-12-18(13-11-17)22-16(2)31-24(25-22)26-23(30)20-14-15-21(29)28(27-20)19-8-5-4-6-9-19/h4-6,8-15H,3,7H2,1-2H3,(H,25,26,30). The summed E-state index contributed by atoms with van der Waals surface area (Å²) < 4.78 is 1.21. The molecule has 156 valence electrons. The monoisotopic (exact) mass is 430 g/mol. The van der Waals surface area contributed by atoms with Crippen LogP contribution in [-0.2, 0) is 6.42 Å². The van der Waals surface area contributed by atoms with Gasteiger partial charge in [-0.3, -0.25) is 14.9 Å². The van der Waals surface area contributed by atoms with Crippen LogP contribution in [0.3, 0.4) is 0 Å². The zero-order valence-electron chi connectivity index (χ0n) is 17.3. The highest BCUT2D eigenvalue weighted by Gasteiger charge is 2.15. The second-order valence-electron chi connectivity index (χ2n) is 7.13. The van der Waals surface area contributed by atoms with Crippen LogP contribution in [0.4, 0.5) is 5.13 Å². The van der Waals surface area contributed by atoms with Gasteiger partial charge in [0.15, 0.2) is 5.13 Å². The van der Waals surface area contributed by atoms with Gasteiger partial charge in [0.1, 0.15) is 5.69 Å². The fraction of sp³-hybridized carbons (Fsp3) is 0.167. The van der Waals surface area contributed by atoms with Crippen LogP contribution in [0.5, 0.6) is 0 Å². The number of benzene rings is 2. The molecule has 1 N–H and O–H groups in total. The average molecular weight is 431 g/mol. The van der Waals surface area contributed by atoms with Gasteiger partial charge in [-0.05, 0) is 37.1 Å². The third kappa shape index (κ3) is 4.62. The lowest BCUT2D eigenvalue weighted by atomic mass is 10.1. The Hall–Kier alpha value is -3.58. The molecule has 2 heterocycles. The van der Waals surface area contributed by atoms with Crippen LogP contribution >= 0.6 is 11.3 Å². The molecular formula is C24H22N4O2S. The summed E-state index contributed by atoms with van der Waals surface area (Å²) in [5.41, 5.74) is 3.60. The van der Waals surface area contributed by atoms with Crippen LogP contribution in [0.1, 0.15) is 34.3 Å². The van der Waals surface area contributed by atoms with Gasteiger partial charge in [-0.15, -0.1) is 11.3 Å². The molecular weight excluding hydrogens is 408 g/mol. The molecule has 0 aliphatic carbocycles. The van der Waals surface area contributed by atoms with Gasteiger partial charge >= 0.3 is 0 Å². The smallest absolute Gasteiger partial charge is 0.277 e. The van der Waals surface area contributed by atoms with Gasteiger partial charge in [-0.1, -0.05) is 55.8 Å². The Bertz CT molecular complexity index is 1260. The molecule has 4 rings (SSSR count). The second-order valence-corrected chi connectivity index (χ2v) is 8.33. The van der Waals surface area contributed by atoms with E-state index in [1.807, 2.05) is 25.1 Å². The average Bonchev–Trinajstić information content (AvgIpc) is 3.15. The van der Waals surface area contributed by atoms with Gasteiger partial charge in [-0.25, -0.2) is 4.98 Å². The lowest BCUT2D eigenvalue weighted by molar-refractivity contribution is 0.102. The quantitative estimate of drug-likeness (QED) is 0.473. The second kappa shape index (κ2) is 9.06. The number of anilines is 1. The number of thiazole rings is 1. The molecule has 0 aliphatic heterocycles. The molecule has 0 spiro atoms. The first kappa shape index (κ1) is 20.7. The molecule has 0 saturated carbocycles. The molecule has 0 fully saturated rings. The molecule has 2 aromatic carbocycles. The van der Waals surface area contributed by atoms with Crippen LogP contribution in [0.2, 0.25) is 0 Å². The predicted octanol–water partition coefficient (Wildman–Crippen LogP) is 4.87. The molecule has 0 unspecified atom stereocenters. The lowest BCUT2D eigenvalue weighted by Gasteiger charge is -2.06. The topological polar surface area (TPSA) is 76.9 Å². The van der Waals surface area contributed by atoms with E-state index in [0.29, 0.717) is 10.8 Å². The van der Waals surface area contributed by atoms with E-state index < -0.39 is 5.91 Å². The minimum absolute atomic E-state index is 0.141. The Morgan fingerprint density at radius 2 is 1.77 bits per heavy atom. The van der Waals surface area contributed by atoms with Gasteiger partial charge in [0.05, 0.1) is 11.4 Å². The number of nitrogens with one attached hydrogen (secondary N) is 1. The van der Waals surface area contributed by atoms with Gasteiger partial charge in [0.2, 0.25) is 0 Å². The van der Waals surface area contributed by atoms with Crippen LogP contribution in [0.15, 0.2) is 71.5 Å². The van der Waals surface area contributed by atoms with E-state index in [-0.39, 0.29) is 11.3 Å². The van der Waals surface area contributed by atoms with Crippen molar-refractivity contribution < 1.29 is 4.79 Å². The number of nitrogens with zero attached hydrogens (tertiary/aromatic N) is 3. The number of amides is 1. The van der Waals surface area contributed by atoms with E-state index in [1.165, 1.54) is 33.7 Å². The number of carbonyl (C=O) groups is 1. The highest BCUT2D eigenvalue weighted by molar-refractivity contribution is 7.16. The fourth-order valence-electron chi connectivity index (χ4n) is 3.28. The summed E-state index contributed by atoms with van der Waals surface area (Å²) in [4.78, 5) is 30.6. The molecule has 0 aliphatic rings. The van der Waals surface area contributed by atoms with Crippen LogP contribution in [0, 0.1) is 6.92 Å². The number of aryl methyl sites for hydroxylation is 2. The van der Waals surface area contributed by atoms with Crippen molar-refractivity contribution in [2.75, 3.05) is 5.32 Å². The van der Waals surface area contributed by atoms with E-state index >= 15 is 0 Å². The zero-order valence-corrected chi connectivity index (χ0v) is 18.1. The Labute approximate surface area is 184 Å². The summed E-state index contributed by atoms with van der Waals surface area (Å²) in [7, 11) is 0. The first-order chi connectivity index (χ1) is 15.0. The van der Waals surface area contributed by atoms with Crippen LogP contribution in [0.25, 0.3) is 16.9 Å². The summed E-state index contributed by atoms with van der Waals surface area (Å²) in [6, 6.07) is 20.1. The number of hydrogen-bond donors (Lipinski definition) is 1. The summed E-state index contributed by atoms with van der Waals surface area (Å²) in [6.07, 6.45) is 2.16. The molecule has 0 radical (unpaired) electrons. The molecule has 0 saturated heterocycles. The van der Waals surface area contributed by atoms with Crippen molar-refractivity contribution in [1.82, 2.24) is 14.8 Å². The number of hydrogen-bond acceptors (Lipinski definition) is 5. The zero-order chi connectivity index (χ0) is 21.8. The number of carbonyl (C=O) groups excluding carboxylic acids is 1. The van der Waals surface area contributed by atoms with Crippen LogP contribution < -0.4 is 10.9 Å². The number of rotatable bonds is 6. The minimum Gasteiger partial charge on any atom is -0.296 e. The molecule has 7 heteroatoms. The van der Waals surface area contributed by atoms with Gasteiger partial charge in [-0.2, -0.15) is 9.78 Å². The van der Waals surface area contributed by atoms with E-state index in [2.05, 4.69) is 46.6 Å². The number of para-hydroxylation sites is 1. The van der Waals surface area contributed by atoms with E-state index in [1.54, 1.807) is 12.1 Å². The summed E-state index contributed by atoms with van der Waals surface area (Å²) in [5, 5.41) is 7.53. The van der Waals surface area contributed by atoms with E-state index in [4.69, 9.17) is 0 Å². The summed E-state index contributed by atoms with van der Waals surface area (Å²) >= 11 is 1.41. The predicted molar refractivity (Wildman–Crippen MR) is 124 cm³/mol. The largest absolute Gasteiger partial charge is 0.296 e. The molecule has 1 amide bonds. The lowest BCUT2D eigenvalue weighted by Crippen LogP contribution is -2.24. The Morgan fingerprint density at radius 1 is 1.03 bits per heavy atom. The third-order valence-corrected chi connectivity index (χ3v) is 5.70.